The van der Waals surface area contributed by atoms with Crippen LogP contribution < -0.4 is 0 Å². The lowest BCUT2D eigenvalue weighted by atomic mass is 9.96. The Labute approximate surface area is 158 Å². The maximum Gasteiger partial charge on any atom is 0.335 e. The minimum absolute atomic E-state index is 0.227. The van der Waals surface area contributed by atoms with Gasteiger partial charge in [0.1, 0.15) is 0 Å². The number of halogens is 1. The van der Waals surface area contributed by atoms with Gasteiger partial charge in [-0.1, -0.05) is 60.1 Å². The smallest absolute Gasteiger partial charge is 0.335 e. The lowest BCUT2D eigenvalue weighted by molar-refractivity contribution is 0.0697. The second-order valence-electron chi connectivity index (χ2n) is 6.47. The predicted octanol–water partition coefficient (Wildman–Crippen LogP) is 5.43. The van der Waals surface area contributed by atoms with Gasteiger partial charge in [0.05, 0.1) is 5.56 Å². The molecule has 0 bridgehead atoms. The number of carboxylic acids is 1. The molecule has 3 aromatic rings. The third-order valence-corrected chi connectivity index (χ3v) is 4.55. The first-order valence-electron chi connectivity index (χ1n) is 8.32. The zero-order valence-electron chi connectivity index (χ0n) is 14.7. The van der Waals surface area contributed by atoms with Gasteiger partial charge in [-0.2, -0.15) is 0 Å². The summed E-state index contributed by atoms with van der Waals surface area (Å²) in [5.74, 6) is -0.961. The van der Waals surface area contributed by atoms with Crippen molar-refractivity contribution in [1.29, 1.82) is 0 Å². The first-order chi connectivity index (χ1) is 12.5. The van der Waals surface area contributed by atoms with Crippen LogP contribution in [0.15, 0.2) is 66.7 Å². The van der Waals surface area contributed by atoms with Crippen molar-refractivity contribution >= 4 is 17.6 Å². The van der Waals surface area contributed by atoms with Crippen LogP contribution >= 0.6 is 11.6 Å². The van der Waals surface area contributed by atoms with Crippen LogP contribution in [0.4, 0.5) is 0 Å². The monoisotopic (exact) mass is 365 g/mol. The standard InChI is InChI=1S/C22H20ClNO2/c1-24(2)14-18-5-3-4-6-19(18)15-7-9-16(10-8-15)20-13-17(22(25)26)11-12-21(20)23/h3-13H,14H2,1-2H3,(H,25,26). The molecule has 0 saturated carbocycles. The second kappa shape index (κ2) is 7.73. The van der Waals surface area contributed by atoms with Crippen molar-refractivity contribution in [2.24, 2.45) is 0 Å². The highest BCUT2D eigenvalue weighted by Crippen LogP contribution is 2.32. The highest BCUT2D eigenvalue weighted by Gasteiger charge is 2.10. The summed E-state index contributed by atoms with van der Waals surface area (Å²) in [4.78, 5) is 13.4. The van der Waals surface area contributed by atoms with Crippen LogP contribution in [-0.4, -0.2) is 30.1 Å². The number of carbonyl (C=O) groups is 1. The first-order valence-corrected chi connectivity index (χ1v) is 8.70. The Kier molecular flexibility index (Phi) is 5.40. The van der Waals surface area contributed by atoms with Gasteiger partial charge in [-0.05, 0) is 54.5 Å². The second-order valence-corrected chi connectivity index (χ2v) is 6.88. The van der Waals surface area contributed by atoms with Crippen LogP contribution in [0.1, 0.15) is 15.9 Å². The molecule has 132 valence electrons. The number of carboxylic acid groups (broad SMARTS) is 1. The van der Waals surface area contributed by atoms with Crippen LogP contribution in [0.5, 0.6) is 0 Å². The predicted molar refractivity (Wildman–Crippen MR) is 107 cm³/mol. The summed E-state index contributed by atoms with van der Waals surface area (Å²) >= 11 is 6.28. The Bertz CT molecular complexity index is 933. The number of hydrogen-bond donors (Lipinski definition) is 1. The van der Waals surface area contributed by atoms with E-state index >= 15 is 0 Å². The molecular weight excluding hydrogens is 346 g/mol. The van der Waals surface area contributed by atoms with Gasteiger partial charge in [-0.15, -0.1) is 0 Å². The Morgan fingerprint density at radius 3 is 2.15 bits per heavy atom. The Balaban J connectivity index is 1.98. The largest absolute Gasteiger partial charge is 0.478 e. The Hall–Kier alpha value is -2.62. The minimum atomic E-state index is -0.961. The summed E-state index contributed by atoms with van der Waals surface area (Å²) in [5, 5.41) is 9.73. The van der Waals surface area contributed by atoms with Crippen LogP contribution in [0.2, 0.25) is 5.02 Å². The molecule has 4 heteroatoms. The van der Waals surface area contributed by atoms with Crippen molar-refractivity contribution in [3.63, 3.8) is 0 Å². The fourth-order valence-corrected chi connectivity index (χ4v) is 3.22. The number of hydrogen-bond acceptors (Lipinski definition) is 2. The molecule has 0 saturated heterocycles. The van der Waals surface area contributed by atoms with E-state index in [0.717, 1.165) is 23.2 Å². The zero-order chi connectivity index (χ0) is 18.7. The molecule has 0 aliphatic heterocycles. The minimum Gasteiger partial charge on any atom is -0.478 e. The average molecular weight is 366 g/mol. The molecule has 1 N–H and O–H groups in total. The highest BCUT2D eigenvalue weighted by atomic mass is 35.5. The SMILES string of the molecule is CN(C)Cc1ccccc1-c1ccc(-c2cc(C(=O)O)ccc2Cl)cc1. The van der Waals surface area contributed by atoms with E-state index < -0.39 is 5.97 Å². The molecule has 0 amide bonds. The van der Waals surface area contributed by atoms with Gasteiger partial charge < -0.3 is 10.0 Å². The van der Waals surface area contributed by atoms with E-state index in [1.54, 1.807) is 12.1 Å². The van der Waals surface area contributed by atoms with Gasteiger partial charge in [-0.25, -0.2) is 4.79 Å². The van der Waals surface area contributed by atoms with E-state index in [0.29, 0.717) is 5.02 Å². The molecule has 0 aliphatic carbocycles. The summed E-state index contributed by atoms with van der Waals surface area (Å²) in [6.45, 7) is 0.865. The van der Waals surface area contributed by atoms with Gasteiger partial charge in [0, 0.05) is 17.1 Å². The Morgan fingerprint density at radius 2 is 1.54 bits per heavy atom. The molecule has 0 radical (unpaired) electrons. The highest BCUT2D eigenvalue weighted by molar-refractivity contribution is 6.33. The third kappa shape index (κ3) is 3.96. The maximum absolute atomic E-state index is 11.2. The van der Waals surface area contributed by atoms with Gasteiger partial charge in [-0.3, -0.25) is 0 Å². The number of nitrogens with zero attached hydrogens (tertiary/aromatic N) is 1. The lowest BCUT2D eigenvalue weighted by Gasteiger charge is -2.15. The summed E-state index contributed by atoms with van der Waals surface area (Å²) < 4.78 is 0. The van der Waals surface area contributed by atoms with Crippen LogP contribution in [-0.2, 0) is 6.54 Å². The van der Waals surface area contributed by atoms with E-state index in [9.17, 15) is 9.90 Å². The molecule has 3 nitrogen and oxygen atoms in total. The molecule has 0 aromatic heterocycles. The van der Waals surface area contributed by atoms with Crippen molar-refractivity contribution in [2.75, 3.05) is 14.1 Å². The summed E-state index contributed by atoms with van der Waals surface area (Å²) in [6.07, 6.45) is 0. The molecule has 0 fully saturated rings. The maximum atomic E-state index is 11.2. The molecule has 0 aliphatic rings. The van der Waals surface area contributed by atoms with Gasteiger partial charge in [0.25, 0.3) is 0 Å². The Morgan fingerprint density at radius 1 is 0.923 bits per heavy atom. The average Bonchev–Trinajstić information content (AvgIpc) is 2.62. The lowest BCUT2D eigenvalue weighted by Crippen LogP contribution is -2.11. The van der Waals surface area contributed by atoms with E-state index in [4.69, 9.17) is 11.6 Å². The molecule has 0 heterocycles. The normalized spacial score (nSPS) is 10.9. The van der Waals surface area contributed by atoms with Crippen molar-refractivity contribution in [1.82, 2.24) is 4.90 Å². The molecule has 26 heavy (non-hydrogen) atoms. The van der Waals surface area contributed by atoms with Crippen LogP contribution in [0.25, 0.3) is 22.3 Å². The zero-order valence-corrected chi connectivity index (χ0v) is 15.5. The number of aromatic carboxylic acids is 1. The molecule has 0 unspecified atom stereocenters. The fourth-order valence-electron chi connectivity index (χ4n) is 2.99. The fraction of sp³-hybridized carbons (Fsp3) is 0.136. The van der Waals surface area contributed by atoms with E-state index in [-0.39, 0.29) is 5.56 Å². The van der Waals surface area contributed by atoms with Gasteiger partial charge >= 0.3 is 5.97 Å². The van der Waals surface area contributed by atoms with Crippen LogP contribution in [0.3, 0.4) is 0 Å². The van der Waals surface area contributed by atoms with Crippen LogP contribution in [0, 0.1) is 0 Å². The van der Waals surface area contributed by atoms with Crippen molar-refractivity contribution in [3.8, 4) is 22.3 Å². The quantitative estimate of drug-likeness (QED) is 0.655. The van der Waals surface area contributed by atoms with Gasteiger partial charge in [0.15, 0.2) is 0 Å². The van der Waals surface area contributed by atoms with E-state index in [1.807, 2.05) is 36.4 Å². The molecule has 0 spiro atoms. The number of rotatable bonds is 5. The summed E-state index contributed by atoms with van der Waals surface area (Å²) in [6, 6.07) is 21.1. The molecular formula is C22H20ClNO2. The first kappa shape index (κ1) is 18.2. The third-order valence-electron chi connectivity index (χ3n) is 4.22. The summed E-state index contributed by atoms with van der Waals surface area (Å²) in [7, 11) is 4.11. The van der Waals surface area contributed by atoms with Crippen molar-refractivity contribution < 1.29 is 9.90 Å². The molecule has 0 atom stereocenters. The van der Waals surface area contributed by atoms with Gasteiger partial charge in [0.2, 0.25) is 0 Å². The van der Waals surface area contributed by atoms with Crippen molar-refractivity contribution in [2.45, 2.75) is 6.54 Å². The van der Waals surface area contributed by atoms with Crippen molar-refractivity contribution in [3.05, 3.63) is 82.9 Å². The summed E-state index contributed by atoms with van der Waals surface area (Å²) in [5.41, 5.74) is 5.42. The topological polar surface area (TPSA) is 40.5 Å². The molecule has 3 rings (SSSR count). The van der Waals surface area contributed by atoms with E-state index in [2.05, 4.69) is 31.1 Å². The number of benzene rings is 3. The van der Waals surface area contributed by atoms with E-state index in [1.165, 1.54) is 17.2 Å². The molecule has 3 aromatic carbocycles.